The third kappa shape index (κ3) is 3.75. The van der Waals surface area contributed by atoms with E-state index in [-0.39, 0.29) is 18.2 Å². The molecule has 1 heterocycles. The van der Waals surface area contributed by atoms with Gasteiger partial charge in [0.15, 0.2) is 0 Å². The number of hydrogen-bond acceptors (Lipinski definition) is 5. The van der Waals surface area contributed by atoms with E-state index < -0.39 is 5.25 Å². The van der Waals surface area contributed by atoms with E-state index in [1.807, 2.05) is 12.1 Å². The molecule has 0 bridgehead atoms. The van der Waals surface area contributed by atoms with Crippen LogP contribution in [0.1, 0.15) is 6.42 Å². The Morgan fingerprint density at radius 2 is 1.64 bits per heavy atom. The van der Waals surface area contributed by atoms with Gasteiger partial charge in [-0.1, -0.05) is 11.6 Å². The molecule has 5 nitrogen and oxygen atoms in total. The summed E-state index contributed by atoms with van der Waals surface area (Å²) in [6, 6.07) is 12.2. The third-order valence-electron chi connectivity index (χ3n) is 3.79. The first-order chi connectivity index (χ1) is 12.0. The largest absolute Gasteiger partial charge is 0.497 e. The molecule has 1 aliphatic rings. The summed E-state index contributed by atoms with van der Waals surface area (Å²) in [6.07, 6.45) is 0.144. The lowest BCUT2D eigenvalue weighted by Gasteiger charge is -2.17. The van der Waals surface area contributed by atoms with Crippen molar-refractivity contribution < 1.29 is 19.1 Å². The second-order valence-electron chi connectivity index (χ2n) is 5.40. The van der Waals surface area contributed by atoms with Crippen molar-refractivity contribution in [2.24, 2.45) is 0 Å². The van der Waals surface area contributed by atoms with E-state index in [1.165, 1.54) is 30.9 Å². The van der Waals surface area contributed by atoms with E-state index in [4.69, 9.17) is 21.1 Å². The first kappa shape index (κ1) is 17.6. The molecule has 0 saturated carbocycles. The van der Waals surface area contributed by atoms with Crippen molar-refractivity contribution in [2.45, 2.75) is 16.6 Å². The Morgan fingerprint density at radius 3 is 2.20 bits per heavy atom. The number of methoxy groups -OCH3 is 2. The minimum atomic E-state index is -0.467. The van der Waals surface area contributed by atoms with Gasteiger partial charge in [-0.2, -0.15) is 0 Å². The Kier molecular flexibility index (Phi) is 5.20. The van der Waals surface area contributed by atoms with Gasteiger partial charge in [-0.15, -0.1) is 11.8 Å². The average molecular weight is 378 g/mol. The monoisotopic (exact) mass is 377 g/mol. The van der Waals surface area contributed by atoms with Gasteiger partial charge in [0.05, 0.1) is 25.2 Å². The molecule has 0 aromatic heterocycles. The average Bonchev–Trinajstić information content (AvgIpc) is 2.90. The van der Waals surface area contributed by atoms with Gasteiger partial charge < -0.3 is 9.47 Å². The Labute approximate surface area is 154 Å². The van der Waals surface area contributed by atoms with Gasteiger partial charge in [0.1, 0.15) is 11.5 Å². The SMILES string of the molecule is COc1cc(OC)cc(N2C(=O)CC(Sc3ccc(Cl)cc3)C2=O)c1. The number of benzene rings is 2. The lowest BCUT2D eigenvalue weighted by Crippen LogP contribution is -2.31. The van der Waals surface area contributed by atoms with E-state index >= 15 is 0 Å². The first-order valence-electron chi connectivity index (χ1n) is 7.54. The number of halogens is 1. The fourth-order valence-corrected chi connectivity index (χ4v) is 3.75. The summed E-state index contributed by atoms with van der Waals surface area (Å²) >= 11 is 7.24. The molecule has 7 heteroatoms. The van der Waals surface area contributed by atoms with Crippen LogP contribution in [0.25, 0.3) is 0 Å². The standard InChI is InChI=1S/C18H16ClNO4S/c1-23-13-7-12(8-14(9-13)24-2)20-17(21)10-16(18(20)22)25-15-5-3-11(19)4-6-15/h3-9,16H,10H2,1-2H3. The molecular formula is C18H16ClNO4S. The molecule has 0 spiro atoms. The predicted molar refractivity (Wildman–Crippen MR) is 97.8 cm³/mol. The first-order valence-corrected chi connectivity index (χ1v) is 8.79. The number of rotatable bonds is 5. The van der Waals surface area contributed by atoms with Crippen LogP contribution in [0.3, 0.4) is 0 Å². The van der Waals surface area contributed by atoms with Crippen LogP contribution in [0.15, 0.2) is 47.4 Å². The van der Waals surface area contributed by atoms with Crippen LogP contribution in [-0.4, -0.2) is 31.3 Å². The van der Waals surface area contributed by atoms with Gasteiger partial charge in [-0.3, -0.25) is 9.59 Å². The highest BCUT2D eigenvalue weighted by atomic mass is 35.5. The van der Waals surface area contributed by atoms with Crippen LogP contribution in [0.2, 0.25) is 5.02 Å². The fraction of sp³-hybridized carbons (Fsp3) is 0.222. The Balaban J connectivity index is 1.85. The van der Waals surface area contributed by atoms with Crippen LogP contribution < -0.4 is 14.4 Å². The van der Waals surface area contributed by atoms with Crippen LogP contribution in [0.5, 0.6) is 11.5 Å². The van der Waals surface area contributed by atoms with E-state index in [2.05, 4.69) is 0 Å². The van der Waals surface area contributed by atoms with E-state index in [9.17, 15) is 9.59 Å². The maximum Gasteiger partial charge on any atom is 0.247 e. The van der Waals surface area contributed by atoms with Crippen LogP contribution in [-0.2, 0) is 9.59 Å². The van der Waals surface area contributed by atoms with Gasteiger partial charge in [0, 0.05) is 34.5 Å². The molecule has 1 unspecified atom stereocenters. The predicted octanol–water partition coefficient (Wildman–Crippen LogP) is 3.78. The van der Waals surface area contributed by atoms with Gasteiger partial charge >= 0.3 is 0 Å². The van der Waals surface area contributed by atoms with Gasteiger partial charge in [-0.05, 0) is 24.3 Å². The third-order valence-corrected chi connectivity index (χ3v) is 5.24. The summed E-state index contributed by atoms with van der Waals surface area (Å²) < 4.78 is 10.4. The molecule has 130 valence electrons. The Morgan fingerprint density at radius 1 is 1.04 bits per heavy atom. The van der Waals surface area contributed by atoms with Crippen molar-refractivity contribution in [3.63, 3.8) is 0 Å². The lowest BCUT2D eigenvalue weighted by atomic mass is 10.2. The van der Waals surface area contributed by atoms with Crippen LogP contribution in [0.4, 0.5) is 5.69 Å². The summed E-state index contributed by atoms with van der Waals surface area (Å²) in [5, 5.41) is 0.161. The zero-order valence-corrected chi connectivity index (χ0v) is 15.3. The maximum absolute atomic E-state index is 12.8. The van der Waals surface area contributed by atoms with Gasteiger partial charge in [0.25, 0.3) is 0 Å². The van der Waals surface area contributed by atoms with Crippen molar-refractivity contribution in [1.29, 1.82) is 0 Å². The number of carbonyl (C=O) groups is 2. The van der Waals surface area contributed by atoms with Crippen molar-refractivity contribution in [2.75, 3.05) is 19.1 Å². The molecule has 25 heavy (non-hydrogen) atoms. The number of hydrogen-bond donors (Lipinski definition) is 0. The quantitative estimate of drug-likeness (QED) is 0.742. The number of thioether (sulfide) groups is 1. The fourth-order valence-electron chi connectivity index (χ4n) is 2.57. The van der Waals surface area contributed by atoms with Gasteiger partial charge in [0.2, 0.25) is 11.8 Å². The molecule has 2 amide bonds. The number of amides is 2. The zero-order chi connectivity index (χ0) is 18.0. The molecule has 0 N–H and O–H groups in total. The summed E-state index contributed by atoms with van der Waals surface area (Å²) in [5.74, 6) is 0.541. The number of nitrogens with zero attached hydrogens (tertiary/aromatic N) is 1. The highest BCUT2D eigenvalue weighted by molar-refractivity contribution is 8.00. The van der Waals surface area contributed by atoms with Gasteiger partial charge in [-0.25, -0.2) is 4.90 Å². The summed E-state index contributed by atoms with van der Waals surface area (Å²) in [5.41, 5.74) is 0.449. The Bertz CT molecular complexity index is 787. The molecule has 3 rings (SSSR count). The second kappa shape index (κ2) is 7.37. The van der Waals surface area contributed by atoms with Crippen LogP contribution >= 0.6 is 23.4 Å². The highest BCUT2D eigenvalue weighted by Crippen LogP contribution is 2.36. The minimum Gasteiger partial charge on any atom is -0.497 e. The van der Waals surface area contributed by atoms with Crippen molar-refractivity contribution in [3.05, 3.63) is 47.5 Å². The molecule has 1 fully saturated rings. The van der Waals surface area contributed by atoms with E-state index in [0.717, 1.165) is 4.90 Å². The summed E-state index contributed by atoms with van der Waals surface area (Å²) in [6.45, 7) is 0. The number of anilines is 1. The van der Waals surface area contributed by atoms with Crippen LogP contribution in [0, 0.1) is 0 Å². The van der Waals surface area contributed by atoms with Crippen molar-refractivity contribution >= 4 is 40.9 Å². The molecule has 0 radical (unpaired) electrons. The number of carbonyl (C=O) groups excluding carboxylic acids is 2. The van der Waals surface area contributed by atoms with Crippen molar-refractivity contribution in [3.8, 4) is 11.5 Å². The summed E-state index contributed by atoms with van der Waals surface area (Å²) in [7, 11) is 3.04. The Hall–Kier alpha value is -2.18. The second-order valence-corrected chi connectivity index (χ2v) is 7.12. The lowest BCUT2D eigenvalue weighted by molar-refractivity contribution is -0.121. The normalized spacial score (nSPS) is 17.1. The molecular weight excluding hydrogens is 362 g/mol. The molecule has 0 aliphatic carbocycles. The van der Waals surface area contributed by atoms with Crippen molar-refractivity contribution in [1.82, 2.24) is 0 Å². The van der Waals surface area contributed by atoms with E-state index in [0.29, 0.717) is 22.2 Å². The number of ether oxygens (including phenoxy) is 2. The zero-order valence-electron chi connectivity index (χ0n) is 13.7. The molecule has 1 saturated heterocycles. The molecule has 2 aromatic carbocycles. The summed E-state index contributed by atoms with van der Waals surface area (Å²) in [4.78, 5) is 27.3. The minimum absolute atomic E-state index is 0.144. The van der Waals surface area contributed by atoms with E-state index in [1.54, 1.807) is 30.3 Å². The molecule has 2 aromatic rings. The smallest absolute Gasteiger partial charge is 0.247 e. The number of imide groups is 1. The topological polar surface area (TPSA) is 55.8 Å². The molecule has 1 atom stereocenters. The highest BCUT2D eigenvalue weighted by Gasteiger charge is 2.40. The maximum atomic E-state index is 12.8. The molecule has 1 aliphatic heterocycles.